The molecule has 1 fully saturated rings. The molecule has 0 bridgehead atoms. The van der Waals surface area contributed by atoms with Gasteiger partial charge in [0.2, 0.25) is 0 Å². The summed E-state index contributed by atoms with van der Waals surface area (Å²) in [5, 5.41) is 3.98. The first kappa shape index (κ1) is 13.7. The number of nitrogens with one attached hydrogen (secondary N) is 1. The largest absolute Gasteiger partial charge is 0.383 e. The van der Waals surface area contributed by atoms with Crippen molar-refractivity contribution in [2.75, 3.05) is 33.4 Å². The van der Waals surface area contributed by atoms with Crippen molar-refractivity contribution < 1.29 is 9.47 Å². The third kappa shape index (κ3) is 4.23. The van der Waals surface area contributed by atoms with E-state index in [-0.39, 0.29) is 11.7 Å². The predicted molar refractivity (Wildman–Crippen MR) is 68.7 cm³/mol. The Morgan fingerprint density at radius 2 is 2.31 bits per heavy atom. The quantitative estimate of drug-likeness (QED) is 0.594. The molecule has 0 spiro atoms. The average molecular weight is 246 g/mol. The summed E-state index contributed by atoms with van der Waals surface area (Å²) in [4.78, 5) is 2.17. The predicted octanol–water partition coefficient (Wildman–Crippen LogP) is 1.01. The highest BCUT2D eigenvalue weighted by atomic mass is 32.1. The van der Waals surface area contributed by atoms with Gasteiger partial charge in [0, 0.05) is 26.7 Å². The van der Waals surface area contributed by atoms with Gasteiger partial charge in [0.25, 0.3) is 0 Å². The topological polar surface area (TPSA) is 33.7 Å². The molecule has 0 aromatic rings. The summed E-state index contributed by atoms with van der Waals surface area (Å²) in [5.41, 5.74) is -0.134. The summed E-state index contributed by atoms with van der Waals surface area (Å²) in [5.74, 6) is 0. The molecule has 0 amide bonds. The molecule has 1 unspecified atom stereocenters. The molecule has 1 aliphatic rings. The van der Waals surface area contributed by atoms with Crippen LogP contribution in [0.2, 0.25) is 0 Å². The van der Waals surface area contributed by atoms with Gasteiger partial charge in [-0.15, -0.1) is 0 Å². The highest BCUT2D eigenvalue weighted by Crippen LogP contribution is 2.20. The number of thiocarbonyl (C=S) groups is 1. The van der Waals surface area contributed by atoms with E-state index in [1.807, 2.05) is 0 Å². The minimum Gasteiger partial charge on any atom is -0.383 e. The molecule has 0 radical (unpaired) electrons. The standard InChI is InChI=1S/C11H22N2O2S/c1-9-7-13(8-11(2,3)15-9)10(16)12-5-6-14-4/h9H,5-8H2,1-4H3,(H,12,16). The monoisotopic (exact) mass is 246 g/mol. The number of morpholine rings is 1. The molecule has 16 heavy (non-hydrogen) atoms. The van der Waals surface area contributed by atoms with Gasteiger partial charge in [-0.1, -0.05) is 0 Å². The smallest absolute Gasteiger partial charge is 0.169 e. The van der Waals surface area contributed by atoms with Crippen molar-refractivity contribution in [1.29, 1.82) is 0 Å². The Labute approximate surface area is 103 Å². The van der Waals surface area contributed by atoms with Gasteiger partial charge in [0.05, 0.1) is 18.3 Å². The lowest BCUT2D eigenvalue weighted by Gasteiger charge is -2.42. The zero-order valence-electron chi connectivity index (χ0n) is 10.6. The van der Waals surface area contributed by atoms with E-state index in [1.54, 1.807) is 7.11 Å². The van der Waals surface area contributed by atoms with Crippen LogP contribution in [0.3, 0.4) is 0 Å². The third-order valence-corrected chi connectivity index (χ3v) is 2.84. The number of ether oxygens (including phenoxy) is 2. The van der Waals surface area contributed by atoms with Crippen LogP contribution in [0.5, 0.6) is 0 Å². The molecular weight excluding hydrogens is 224 g/mol. The van der Waals surface area contributed by atoms with Gasteiger partial charge in [-0.05, 0) is 33.0 Å². The van der Waals surface area contributed by atoms with Crippen LogP contribution in [0.1, 0.15) is 20.8 Å². The van der Waals surface area contributed by atoms with Crippen molar-refractivity contribution in [3.8, 4) is 0 Å². The van der Waals surface area contributed by atoms with Gasteiger partial charge < -0.3 is 19.7 Å². The zero-order valence-corrected chi connectivity index (χ0v) is 11.4. The molecule has 4 nitrogen and oxygen atoms in total. The van der Waals surface area contributed by atoms with Crippen molar-refractivity contribution in [1.82, 2.24) is 10.2 Å². The van der Waals surface area contributed by atoms with Crippen molar-refractivity contribution >= 4 is 17.3 Å². The normalized spacial score (nSPS) is 24.2. The maximum atomic E-state index is 5.83. The number of nitrogens with zero attached hydrogens (tertiary/aromatic N) is 1. The van der Waals surface area contributed by atoms with Gasteiger partial charge in [0.15, 0.2) is 5.11 Å². The molecule has 94 valence electrons. The first-order valence-electron chi connectivity index (χ1n) is 5.64. The van der Waals surface area contributed by atoms with Gasteiger partial charge in [-0.3, -0.25) is 0 Å². The first-order chi connectivity index (χ1) is 7.44. The Kier molecular flexibility index (Phi) is 4.95. The second-order valence-corrected chi connectivity index (χ2v) is 5.18. The lowest BCUT2D eigenvalue weighted by molar-refractivity contribution is -0.112. The molecule has 1 saturated heterocycles. The number of hydrogen-bond acceptors (Lipinski definition) is 3. The lowest BCUT2D eigenvalue weighted by atomic mass is 10.1. The van der Waals surface area contributed by atoms with Crippen LogP contribution >= 0.6 is 12.2 Å². The van der Waals surface area contributed by atoms with E-state index in [0.717, 1.165) is 24.7 Å². The van der Waals surface area contributed by atoms with Gasteiger partial charge in [-0.2, -0.15) is 0 Å². The number of hydrogen-bond donors (Lipinski definition) is 1. The fourth-order valence-corrected chi connectivity index (χ4v) is 2.22. The molecule has 1 aliphatic heterocycles. The molecule has 1 atom stereocenters. The Morgan fingerprint density at radius 1 is 1.62 bits per heavy atom. The van der Waals surface area contributed by atoms with E-state index in [9.17, 15) is 0 Å². The summed E-state index contributed by atoms with van der Waals surface area (Å²) in [6.45, 7) is 9.36. The SMILES string of the molecule is COCCNC(=S)N1CC(C)OC(C)(C)C1. The maximum Gasteiger partial charge on any atom is 0.169 e. The van der Waals surface area contributed by atoms with Crippen molar-refractivity contribution in [2.24, 2.45) is 0 Å². The highest BCUT2D eigenvalue weighted by molar-refractivity contribution is 7.80. The van der Waals surface area contributed by atoms with Crippen LogP contribution in [0.25, 0.3) is 0 Å². The molecule has 1 rings (SSSR count). The second-order valence-electron chi connectivity index (χ2n) is 4.79. The van der Waals surface area contributed by atoms with E-state index >= 15 is 0 Å². The summed E-state index contributed by atoms with van der Waals surface area (Å²) < 4.78 is 10.8. The summed E-state index contributed by atoms with van der Waals surface area (Å²) in [6, 6.07) is 0. The maximum absolute atomic E-state index is 5.83. The molecule has 0 saturated carbocycles. The van der Waals surface area contributed by atoms with Crippen LogP contribution in [-0.2, 0) is 9.47 Å². The molecule has 1 N–H and O–H groups in total. The molecular formula is C11H22N2O2S. The molecule has 0 aromatic carbocycles. The Hall–Kier alpha value is -0.390. The van der Waals surface area contributed by atoms with Crippen LogP contribution < -0.4 is 5.32 Å². The Morgan fingerprint density at radius 3 is 2.88 bits per heavy atom. The van der Waals surface area contributed by atoms with Gasteiger partial charge in [-0.25, -0.2) is 0 Å². The third-order valence-electron chi connectivity index (χ3n) is 2.44. The molecule has 5 heteroatoms. The second kappa shape index (κ2) is 5.80. The number of rotatable bonds is 3. The molecule has 1 heterocycles. The van der Waals surface area contributed by atoms with E-state index in [4.69, 9.17) is 21.7 Å². The first-order valence-corrected chi connectivity index (χ1v) is 6.05. The van der Waals surface area contributed by atoms with Crippen LogP contribution in [-0.4, -0.2) is 55.1 Å². The van der Waals surface area contributed by atoms with Gasteiger partial charge in [0.1, 0.15) is 0 Å². The fourth-order valence-electron chi connectivity index (χ4n) is 1.98. The van der Waals surface area contributed by atoms with E-state index in [0.29, 0.717) is 6.61 Å². The van der Waals surface area contributed by atoms with Gasteiger partial charge >= 0.3 is 0 Å². The zero-order chi connectivity index (χ0) is 12.2. The average Bonchev–Trinajstić information content (AvgIpc) is 2.14. The summed E-state index contributed by atoms with van der Waals surface area (Å²) in [6.07, 6.45) is 0.214. The van der Waals surface area contributed by atoms with Crippen molar-refractivity contribution in [3.05, 3.63) is 0 Å². The van der Waals surface area contributed by atoms with Crippen molar-refractivity contribution in [2.45, 2.75) is 32.5 Å². The number of methoxy groups -OCH3 is 1. The minimum atomic E-state index is -0.134. The molecule has 0 aromatic heterocycles. The van der Waals surface area contributed by atoms with Crippen LogP contribution in [0.4, 0.5) is 0 Å². The van der Waals surface area contributed by atoms with E-state index < -0.39 is 0 Å². The van der Waals surface area contributed by atoms with Crippen LogP contribution in [0.15, 0.2) is 0 Å². The minimum absolute atomic E-state index is 0.134. The Bertz CT molecular complexity index is 246. The van der Waals surface area contributed by atoms with Crippen molar-refractivity contribution in [3.63, 3.8) is 0 Å². The molecule has 0 aliphatic carbocycles. The fraction of sp³-hybridized carbons (Fsp3) is 0.909. The summed E-state index contributed by atoms with van der Waals surface area (Å²) in [7, 11) is 1.69. The Balaban J connectivity index is 2.43. The highest BCUT2D eigenvalue weighted by Gasteiger charge is 2.32. The van der Waals surface area contributed by atoms with Crippen LogP contribution in [0, 0.1) is 0 Å². The lowest BCUT2D eigenvalue weighted by Crippen LogP contribution is -2.56. The van der Waals surface area contributed by atoms with E-state index in [1.165, 1.54) is 0 Å². The summed E-state index contributed by atoms with van der Waals surface area (Å²) >= 11 is 5.35. The van der Waals surface area contributed by atoms with E-state index in [2.05, 4.69) is 31.0 Å².